The van der Waals surface area contributed by atoms with E-state index in [0.717, 1.165) is 24.2 Å². The molecule has 2 fully saturated rings. The zero-order valence-corrected chi connectivity index (χ0v) is 17.6. The standard InChI is InChI=1S/C24H38BN3/c1-18-5-4-6-21-15-22(25(11-12-26)16-24(18)21)14-19-9-10-20(13-19)17-27-28-23-7-2-3-8-23/h4-6,11-12,19-20,22-23,27-28H,2-3,7-10,13-17,26H2,1H3/b12-11-. The topological polar surface area (TPSA) is 50.1 Å². The summed E-state index contributed by atoms with van der Waals surface area (Å²) >= 11 is 0. The lowest BCUT2D eigenvalue weighted by atomic mass is 9.34. The highest BCUT2D eigenvalue weighted by Crippen LogP contribution is 2.41. The highest BCUT2D eigenvalue weighted by atomic mass is 15.4. The molecule has 1 aliphatic heterocycles. The van der Waals surface area contributed by atoms with Crippen molar-refractivity contribution >= 4 is 6.71 Å². The molecule has 3 aliphatic rings. The van der Waals surface area contributed by atoms with E-state index < -0.39 is 0 Å². The predicted molar refractivity (Wildman–Crippen MR) is 120 cm³/mol. The van der Waals surface area contributed by atoms with Gasteiger partial charge in [0.2, 0.25) is 0 Å². The van der Waals surface area contributed by atoms with Gasteiger partial charge >= 0.3 is 0 Å². The zero-order valence-electron chi connectivity index (χ0n) is 17.6. The summed E-state index contributed by atoms with van der Waals surface area (Å²) in [5, 5.41) is 0. The maximum absolute atomic E-state index is 5.82. The van der Waals surface area contributed by atoms with Gasteiger partial charge in [0.05, 0.1) is 0 Å². The van der Waals surface area contributed by atoms with Crippen LogP contribution in [-0.2, 0) is 12.7 Å². The first-order chi connectivity index (χ1) is 13.7. The number of hydrazine groups is 1. The van der Waals surface area contributed by atoms with Crippen LogP contribution in [0.25, 0.3) is 0 Å². The molecule has 0 bridgehead atoms. The van der Waals surface area contributed by atoms with Crippen molar-refractivity contribution < 1.29 is 0 Å². The van der Waals surface area contributed by atoms with Gasteiger partial charge in [-0.25, -0.2) is 0 Å². The van der Waals surface area contributed by atoms with Crippen LogP contribution >= 0.6 is 0 Å². The number of hydrogen-bond donors (Lipinski definition) is 3. The van der Waals surface area contributed by atoms with Crippen molar-refractivity contribution in [2.75, 3.05) is 6.54 Å². The van der Waals surface area contributed by atoms with E-state index in [-0.39, 0.29) is 0 Å². The monoisotopic (exact) mass is 379 g/mol. The summed E-state index contributed by atoms with van der Waals surface area (Å²) in [5.41, 5.74) is 17.6. The minimum Gasteiger partial charge on any atom is -0.405 e. The van der Waals surface area contributed by atoms with Crippen LogP contribution in [0, 0.1) is 18.8 Å². The van der Waals surface area contributed by atoms with Crippen molar-refractivity contribution in [2.24, 2.45) is 17.6 Å². The van der Waals surface area contributed by atoms with Gasteiger partial charge in [-0.3, -0.25) is 10.9 Å². The number of hydrogen-bond acceptors (Lipinski definition) is 3. The molecule has 3 nitrogen and oxygen atoms in total. The molecule has 0 saturated heterocycles. The third kappa shape index (κ3) is 4.83. The van der Waals surface area contributed by atoms with E-state index in [1.54, 1.807) is 17.3 Å². The average molecular weight is 379 g/mol. The predicted octanol–water partition coefficient (Wildman–Crippen LogP) is 4.35. The van der Waals surface area contributed by atoms with Crippen LogP contribution < -0.4 is 16.6 Å². The fourth-order valence-corrected chi connectivity index (χ4v) is 6.13. The first kappa shape index (κ1) is 20.0. The summed E-state index contributed by atoms with van der Waals surface area (Å²) in [6, 6.07) is 7.57. The second-order valence-electron chi connectivity index (χ2n) is 9.72. The number of nitrogens with two attached hydrogens (primary N) is 1. The number of rotatable bonds is 7. The van der Waals surface area contributed by atoms with E-state index in [4.69, 9.17) is 5.73 Å². The molecule has 152 valence electrons. The average Bonchev–Trinajstić information content (AvgIpc) is 3.35. The van der Waals surface area contributed by atoms with Crippen molar-refractivity contribution in [1.29, 1.82) is 0 Å². The maximum atomic E-state index is 5.82. The lowest BCUT2D eigenvalue weighted by Gasteiger charge is -2.32. The van der Waals surface area contributed by atoms with Gasteiger partial charge in [-0.1, -0.05) is 55.7 Å². The van der Waals surface area contributed by atoms with Gasteiger partial charge in [0.1, 0.15) is 0 Å². The highest BCUT2D eigenvalue weighted by Gasteiger charge is 2.34. The largest absolute Gasteiger partial charge is 0.405 e. The fraction of sp³-hybridized carbons (Fsp3) is 0.667. The second-order valence-corrected chi connectivity index (χ2v) is 9.72. The van der Waals surface area contributed by atoms with Crippen LogP contribution in [0.1, 0.15) is 68.1 Å². The third-order valence-electron chi connectivity index (χ3n) is 7.73. The molecular weight excluding hydrogens is 341 g/mol. The quantitative estimate of drug-likeness (QED) is 0.488. The molecule has 2 saturated carbocycles. The van der Waals surface area contributed by atoms with Crippen LogP contribution in [-0.4, -0.2) is 19.3 Å². The van der Waals surface area contributed by atoms with Gasteiger partial charge in [0.15, 0.2) is 6.71 Å². The Bertz CT molecular complexity index is 668. The molecule has 3 atom stereocenters. The zero-order chi connectivity index (χ0) is 19.3. The molecular formula is C24H38BN3. The molecule has 2 aliphatic carbocycles. The van der Waals surface area contributed by atoms with Crippen LogP contribution in [0.15, 0.2) is 30.4 Å². The van der Waals surface area contributed by atoms with Crippen molar-refractivity contribution in [2.45, 2.75) is 82.9 Å². The summed E-state index contributed by atoms with van der Waals surface area (Å²) in [5.74, 6) is 4.77. The Morgan fingerprint density at radius 3 is 2.79 bits per heavy atom. The third-order valence-corrected chi connectivity index (χ3v) is 7.73. The first-order valence-corrected chi connectivity index (χ1v) is 11.7. The Balaban J connectivity index is 1.29. The minimum absolute atomic E-state index is 0.611. The van der Waals surface area contributed by atoms with Crippen LogP contribution in [0.2, 0.25) is 5.82 Å². The van der Waals surface area contributed by atoms with E-state index in [2.05, 4.69) is 41.9 Å². The normalized spacial score (nSPS) is 28.3. The van der Waals surface area contributed by atoms with Gasteiger partial charge < -0.3 is 5.73 Å². The Morgan fingerprint density at radius 1 is 1.14 bits per heavy atom. The summed E-state index contributed by atoms with van der Waals surface area (Å²) in [6.45, 7) is 4.02. The highest BCUT2D eigenvalue weighted by molar-refractivity contribution is 6.65. The van der Waals surface area contributed by atoms with Crippen molar-refractivity contribution in [3.8, 4) is 0 Å². The fourth-order valence-electron chi connectivity index (χ4n) is 6.13. The summed E-state index contributed by atoms with van der Waals surface area (Å²) in [7, 11) is 0. The van der Waals surface area contributed by atoms with E-state index in [1.807, 2.05) is 0 Å². The maximum Gasteiger partial charge on any atom is 0.176 e. The van der Waals surface area contributed by atoms with Crippen molar-refractivity contribution in [3.05, 3.63) is 47.1 Å². The van der Waals surface area contributed by atoms with Crippen molar-refractivity contribution in [1.82, 2.24) is 10.9 Å². The lowest BCUT2D eigenvalue weighted by molar-refractivity contribution is 0.373. The second kappa shape index (κ2) is 9.50. The SMILES string of the molecule is Cc1cccc2c1CB(/C=C\N)C(CC1CCC(CNNC3CCCC3)C1)C2. The molecule has 4 N–H and O–H groups in total. The van der Waals surface area contributed by atoms with Crippen LogP contribution in [0.4, 0.5) is 0 Å². The Hall–Kier alpha value is -1.26. The molecule has 0 aromatic heterocycles. The number of benzene rings is 1. The Labute approximate surface area is 172 Å². The molecule has 1 heterocycles. The smallest absolute Gasteiger partial charge is 0.176 e. The lowest BCUT2D eigenvalue weighted by Crippen LogP contribution is -2.41. The Morgan fingerprint density at radius 2 is 1.96 bits per heavy atom. The summed E-state index contributed by atoms with van der Waals surface area (Å²) in [6.07, 6.45) is 15.2. The Kier molecular flexibility index (Phi) is 6.79. The molecule has 1 aromatic carbocycles. The molecule has 3 unspecified atom stereocenters. The van der Waals surface area contributed by atoms with E-state index in [0.29, 0.717) is 12.8 Å². The van der Waals surface area contributed by atoms with Crippen molar-refractivity contribution in [3.63, 3.8) is 0 Å². The van der Waals surface area contributed by atoms with Gasteiger partial charge in [-0.15, -0.1) is 0 Å². The number of nitrogens with one attached hydrogen (secondary N) is 2. The molecule has 0 amide bonds. The molecule has 0 radical (unpaired) electrons. The molecule has 4 heteroatoms. The van der Waals surface area contributed by atoms with Gasteiger partial charge in [-0.2, -0.15) is 0 Å². The number of aryl methyl sites for hydroxylation is 1. The molecule has 1 aromatic rings. The number of fused-ring (bicyclic) bond motifs is 1. The summed E-state index contributed by atoms with van der Waals surface area (Å²) < 4.78 is 0. The van der Waals surface area contributed by atoms with Gasteiger partial charge in [0, 0.05) is 12.6 Å². The first-order valence-electron chi connectivity index (χ1n) is 11.7. The van der Waals surface area contributed by atoms with E-state index in [9.17, 15) is 0 Å². The summed E-state index contributed by atoms with van der Waals surface area (Å²) in [4.78, 5) is 0. The molecule has 4 rings (SSSR count). The molecule has 28 heavy (non-hydrogen) atoms. The van der Waals surface area contributed by atoms with Gasteiger partial charge in [-0.05, 0) is 80.1 Å². The van der Waals surface area contributed by atoms with E-state index in [1.165, 1.54) is 69.7 Å². The van der Waals surface area contributed by atoms with Crippen LogP contribution in [0.5, 0.6) is 0 Å². The van der Waals surface area contributed by atoms with Crippen LogP contribution in [0.3, 0.4) is 0 Å². The molecule has 0 spiro atoms. The minimum atomic E-state index is 0.611. The van der Waals surface area contributed by atoms with Gasteiger partial charge in [0.25, 0.3) is 0 Å². The van der Waals surface area contributed by atoms with E-state index >= 15 is 0 Å².